The molecule has 0 aliphatic carbocycles. The quantitative estimate of drug-likeness (QED) is 0.760. The first kappa shape index (κ1) is 11.8. The molecule has 1 unspecified atom stereocenters. The summed E-state index contributed by atoms with van der Waals surface area (Å²) in [6.45, 7) is 6.87. The predicted octanol–water partition coefficient (Wildman–Crippen LogP) is 3.02. The van der Waals surface area contributed by atoms with E-state index in [0.717, 1.165) is 11.8 Å². The van der Waals surface area contributed by atoms with Gasteiger partial charge in [0.1, 0.15) is 0 Å². The van der Waals surface area contributed by atoms with Crippen LogP contribution in [-0.2, 0) is 13.5 Å². The Balaban J connectivity index is 2.75. The van der Waals surface area contributed by atoms with Crippen LogP contribution in [0.3, 0.4) is 0 Å². The third kappa shape index (κ3) is 2.59. The molecule has 1 rings (SSSR count). The Hall–Kier alpha value is -0.310. The van der Waals surface area contributed by atoms with Crippen molar-refractivity contribution in [3.63, 3.8) is 0 Å². The normalized spacial score (nSPS) is 15.9. The third-order valence-electron chi connectivity index (χ3n) is 3.07. The average molecular weight is 259 g/mol. The Kier molecular flexibility index (Phi) is 3.76. The van der Waals surface area contributed by atoms with E-state index < -0.39 is 0 Å². The Morgan fingerprint density at radius 1 is 1.57 bits per heavy atom. The number of aromatic nitrogens is 2. The van der Waals surface area contributed by atoms with E-state index in [4.69, 9.17) is 0 Å². The number of nitrogens with zero attached hydrogens (tertiary/aromatic N) is 2. The number of aryl methyl sites for hydroxylation is 1. The van der Waals surface area contributed by atoms with Gasteiger partial charge in [0, 0.05) is 18.6 Å². The van der Waals surface area contributed by atoms with Gasteiger partial charge in [-0.05, 0) is 23.3 Å². The van der Waals surface area contributed by atoms with Crippen molar-refractivity contribution in [2.24, 2.45) is 18.4 Å². The molecular formula is C11H19BrN2. The highest BCUT2D eigenvalue weighted by atomic mass is 79.9. The number of hydrogen-bond acceptors (Lipinski definition) is 1. The van der Waals surface area contributed by atoms with Crippen molar-refractivity contribution in [2.75, 3.05) is 5.33 Å². The highest BCUT2D eigenvalue weighted by Crippen LogP contribution is 2.32. The van der Waals surface area contributed by atoms with Gasteiger partial charge in [-0.2, -0.15) is 5.10 Å². The van der Waals surface area contributed by atoms with Crippen LogP contribution in [0.1, 0.15) is 26.3 Å². The molecular weight excluding hydrogens is 240 g/mol. The highest BCUT2D eigenvalue weighted by molar-refractivity contribution is 9.09. The van der Waals surface area contributed by atoms with Crippen LogP contribution in [0.4, 0.5) is 0 Å². The summed E-state index contributed by atoms with van der Waals surface area (Å²) >= 11 is 3.61. The van der Waals surface area contributed by atoms with Crippen LogP contribution < -0.4 is 0 Å². The minimum atomic E-state index is 0.322. The lowest BCUT2D eigenvalue weighted by molar-refractivity contribution is 0.258. The third-order valence-corrected chi connectivity index (χ3v) is 4.35. The smallest absolute Gasteiger partial charge is 0.0521 e. The zero-order valence-corrected chi connectivity index (χ0v) is 11.0. The molecule has 0 spiro atoms. The van der Waals surface area contributed by atoms with Crippen LogP contribution in [-0.4, -0.2) is 15.1 Å². The first-order valence-corrected chi connectivity index (χ1v) is 6.13. The van der Waals surface area contributed by atoms with E-state index in [-0.39, 0.29) is 0 Å². The molecule has 0 saturated heterocycles. The highest BCUT2D eigenvalue weighted by Gasteiger charge is 2.27. The van der Waals surface area contributed by atoms with Crippen LogP contribution in [0.2, 0.25) is 0 Å². The maximum Gasteiger partial charge on any atom is 0.0521 e. The maximum atomic E-state index is 4.20. The van der Waals surface area contributed by atoms with Gasteiger partial charge in [0.2, 0.25) is 0 Å². The first-order valence-electron chi connectivity index (χ1n) is 5.01. The zero-order valence-electron chi connectivity index (χ0n) is 9.42. The van der Waals surface area contributed by atoms with Crippen molar-refractivity contribution in [1.82, 2.24) is 9.78 Å². The average Bonchev–Trinajstić information content (AvgIpc) is 2.50. The number of hydrogen-bond donors (Lipinski definition) is 0. The molecule has 1 aromatic rings. The van der Waals surface area contributed by atoms with Gasteiger partial charge in [-0.25, -0.2) is 0 Å². The monoisotopic (exact) mass is 258 g/mol. The summed E-state index contributed by atoms with van der Waals surface area (Å²) in [7, 11) is 1.96. The number of alkyl halides is 1. The van der Waals surface area contributed by atoms with Crippen molar-refractivity contribution in [3.05, 3.63) is 18.0 Å². The van der Waals surface area contributed by atoms with Crippen LogP contribution >= 0.6 is 15.9 Å². The van der Waals surface area contributed by atoms with E-state index in [1.807, 2.05) is 17.9 Å². The fourth-order valence-electron chi connectivity index (χ4n) is 1.44. The van der Waals surface area contributed by atoms with E-state index >= 15 is 0 Å². The summed E-state index contributed by atoms with van der Waals surface area (Å²) in [4.78, 5) is 0. The molecule has 0 aliphatic rings. The summed E-state index contributed by atoms with van der Waals surface area (Å²) in [5.74, 6) is 0.669. The molecule has 0 aliphatic heterocycles. The van der Waals surface area contributed by atoms with Gasteiger partial charge in [0.15, 0.2) is 0 Å². The molecule has 0 bridgehead atoms. The second-order valence-corrected chi connectivity index (χ2v) is 5.20. The Morgan fingerprint density at radius 3 is 2.57 bits per heavy atom. The van der Waals surface area contributed by atoms with E-state index in [0.29, 0.717) is 11.3 Å². The summed E-state index contributed by atoms with van der Waals surface area (Å²) in [5, 5.41) is 5.23. The summed E-state index contributed by atoms with van der Waals surface area (Å²) < 4.78 is 1.87. The molecule has 0 radical (unpaired) electrons. The second kappa shape index (κ2) is 4.47. The van der Waals surface area contributed by atoms with E-state index in [2.05, 4.69) is 48.0 Å². The van der Waals surface area contributed by atoms with Gasteiger partial charge < -0.3 is 0 Å². The maximum absolute atomic E-state index is 4.20. The molecule has 0 saturated carbocycles. The lowest BCUT2D eigenvalue weighted by atomic mass is 9.77. The second-order valence-electron chi connectivity index (χ2n) is 4.64. The van der Waals surface area contributed by atoms with Crippen molar-refractivity contribution in [3.8, 4) is 0 Å². The Bertz CT molecular complexity index is 293. The van der Waals surface area contributed by atoms with Crippen molar-refractivity contribution >= 4 is 15.9 Å². The lowest BCUT2D eigenvalue weighted by Crippen LogP contribution is -2.27. The topological polar surface area (TPSA) is 17.8 Å². The molecule has 0 aromatic carbocycles. The minimum Gasteiger partial charge on any atom is -0.276 e. The zero-order chi connectivity index (χ0) is 10.8. The molecule has 80 valence electrons. The molecule has 14 heavy (non-hydrogen) atoms. The number of halogens is 1. The van der Waals surface area contributed by atoms with Gasteiger partial charge >= 0.3 is 0 Å². The molecule has 2 nitrogen and oxygen atoms in total. The van der Waals surface area contributed by atoms with Crippen molar-refractivity contribution in [2.45, 2.75) is 27.2 Å². The van der Waals surface area contributed by atoms with E-state index in [9.17, 15) is 0 Å². The van der Waals surface area contributed by atoms with Crippen LogP contribution in [0.15, 0.2) is 12.4 Å². The summed E-state index contributed by atoms with van der Waals surface area (Å²) in [6, 6.07) is 0. The van der Waals surface area contributed by atoms with Gasteiger partial charge in [0.05, 0.1) is 6.20 Å². The van der Waals surface area contributed by atoms with Crippen molar-refractivity contribution in [1.29, 1.82) is 0 Å². The summed E-state index contributed by atoms with van der Waals surface area (Å²) in [5.41, 5.74) is 1.64. The molecule has 1 aromatic heterocycles. The van der Waals surface area contributed by atoms with Gasteiger partial charge in [-0.1, -0.05) is 36.7 Å². The molecule has 0 amide bonds. The lowest BCUT2D eigenvalue weighted by Gasteiger charge is -2.31. The fourth-order valence-corrected chi connectivity index (χ4v) is 2.28. The molecule has 0 fully saturated rings. The minimum absolute atomic E-state index is 0.322. The fraction of sp³-hybridized carbons (Fsp3) is 0.727. The van der Waals surface area contributed by atoms with Crippen LogP contribution in [0, 0.1) is 11.3 Å². The van der Waals surface area contributed by atoms with E-state index in [1.54, 1.807) is 0 Å². The SMILES string of the molecule is CC(C)C(C)(CBr)Cc1cnn(C)c1. The summed E-state index contributed by atoms with van der Waals surface area (Å²) in [6.07, 6.45) is 5.15. The Labute approximate surface area is 94.8 Å². The molecule has 3 heteroatoms. The van der Waals surface area contributed by atoms with Gasteiger partial charge in [-0.3, -0.25) is 4.68 Å². The number of rotatable bonds is 4. The van der Waals surface area contributed by atoms with Crippen LogP contribution in [0.25, 0.3) is 0 Å². The van der Waals surface area contributed by atoms with Crippen LogP contribution in [0.5, 0.6) is 0 Å². The first-order chi connectivity index (χ1) is 6.48. The van der Waals surface area contributed by atoms with Gasteiger partial charge in [0.25, 0.3) is 0 Å². The van der Waals surface area contributed by atoms with Crippen molar-refractivity contribution < 1.29 is 0 Å². The standard InChI is InChI=1S/C11H19BrN2/c1-9(2)11(3,8-12)5-10-6-13-14(4)7-10/h6-7,9H,5,8H2,1-4H3. The molecule has 1 atom stereocenters. The van der Waals surface area contributed by atoms with E-state index in [1.165, 1.54) is 5.56 Å². The molecule has 1 heterocycles. The largest absolute Gasteiger partial charge is 0.276 e. The predicted molar refractivity (Wildman–Crippen MR) is 63.7 cm³/mol. The van der Waals surface area contributed by atoms with Gasteiger partial charge in [-0.15, -0.1) is 0 Å². The molecule has 0 N–H and O–H groups in total. The Morgan fingerprint density at radius 2 is 2.21 bits per heavy atom.